The second-order valence-electron chi connectivity index (χ2n) is 9.44. The van der Waals surface area contributed by atoms with Crippen molar-refractivity contribution in [3.05, 3.63) is 17.7 Å². The zero-order valence-electron chi connectivity index (χ0n) is 19.8. The summed E-state index contributed by atoms with van der Waals surface area (Å²) in [5, 5.41) is -0.0148. The van der Waals surface area contributed by atoms with Crippen LogP contribution in [-0.2, 0) is 19.0 Å². The summed E-state index contributed by atoms with van der Waals surface area (Å²) in [6.07, 6.45) is 2.25. The Morgan fingerprint density at radius 2 is 1.87 bits per heavy atom. The third-order valence-electron chi connectivity index (χ3n) is 6.01. The van der Waals surface area contributed by atoms with Crippen molar-refractivity contribution in [3.8, 4) is 11.5 Å². The number of hydrogen-bond donors (Lipinski definition) is 0. The summed E-state index contributed by atoms with van der Waals surface area (Å²) in [6, 6.07) is 3.51. The van der Waals surface area contributed by atoms with Gasteiger partial charge >= 0.3 is 0 Å². The third-order valence-corrected chi connectivity index (χ3v) is 12.9. The van der Waals surface area contributed by atoms with Gasteiger partial charge in [-0.25, -0.2) is 8.42 Å². The molecule has 0 N–H and O–H groups in total. The first-order chi connectivity index (χ1) is 14.3. The van der Waals surface area contributed by atoms with Gasteiger partial charge in [-0.05, 0) is 55.1 Å². The SMILES string of the molecule is CCCOc1c(OC)cc([C@@H]2CCC(Br)O2)cc1S(=O)(=O)CCO[Si](C)(C)C(C)(C)C. The van der Waals surface area contributed by atoms with Gasteiger partial charge in [-0.3, -0.25) is 0 Å². The highest BCUT2D eigenvalue weighted by Gasteiger charge is 2.37. The second-order valence-corrected chi connectivity index (χ2v) is 17.3. The maximum Gasteiger partial charge on any atom is 0.192 e. The largest absolute Gasteiger partial charge is 0.493 e. The molecule has 6 nitrogen and oxygen atoms in total. The van der Waals surface area contributed by atoms with Gasteiger partial charge in [-0.1, -0.05) is 43.6 Å². The molecule has 1 saturated heterocycles. The van der Waals surface area contributed by atoms with Crippen LogP contribution in [0, 0.1) is 0 Å². The lowest BCUT2D eigenvalue weighted by atomic mass is 10.1. The molecule has 1 fully saturated rings. The fourth-order valence-corrected chi connectivity index (χ4v) is 6.09. The first kappa shape index (κ1) is 26.6. The van der Waals surface area contributed by atoms with Gasteiger partial charge in [0.05, 0.1) is 25.6 Å². The zero-order valence-corrected chi connectivity index (χ0v) is 23.2. The molecule has 0 bridgehead atoms. The van der Waals surface area contributed by atoms with E-state index >= 15 is 0 Å². The third kappa shape index (κ3) is 6.69. The number of hydrogen-bond acceptors (Lipinski definition) is 6. The first-order valence-corrected chi connectivity index (χ1v) is 16.3. The van der Waals surface area contributed by atoms with Crippen molar-refractivity contribution in [2.75, 3.05) is 26.1 Å². The van der Waals surface area contributed by atoms with Gasteiger partial charge in [0.15, 0.2) is 29.7 Å². The molecule has 1 unspecified atom stereocenters. The highest BCUT2D eigenvalue weighted by atomic mass is 79.9. The number of benzene rings is 1. The average Bonchev–Trinajstić information content (AvgIpc) is 3.10. The minimum absolute atomic E-state index is 0.0152. The highest BCUT2D eigenvalue weighted by molar-refractivity contribution is 9.09. The number of alkyl halides is 1. The van der Waals surface area contributed by atoms with Crippen molar-refractivity contribution in [3.63, 3.8) is 0 Å². The van der Waals surface area contributed by atoms with Crippen LogP contribution in [0.4, 0.5) is 0 Å². The maximum absolute atomic E-state index is 13.4. The zero-order chi connectivity index (χ0) is 23.4. The normalized spacial score (nSPS) is 20.1. The van der Waals surface area contributed by atoms with E-state index in [-0.39, 0.29) is 39.2 Å². The molecule has 0 saturated carbocycles. The van der Waals surface area contributed by atoms with Crippen LogP contribution in [0.15, 0.2) is 17.0 Å². The molecule has 1 aliphatic heterocycles. The standard InChI is InChI=1S/C22H37BrO6SSi/c1-8-11-27-21-18(26-5)14-16(17-9-10-20(23)29-17)15-19(21)30(24,25)13-12-28-31(6,7)22(2,3)4/h14-15,17,20H,8-13H2,1-7H3/t17-,20?/m0/s1. The van der Waals surface area contributed by atoms with E-state index in [0.29, 0.717) is 12.4 Å². The van der Waals surface area contributed by atoms with Gasteiger partial charge in [-0.2, -0.15) is 0 Å². The minimum atomic E-state index is -3.66. The first-order valence-electron chi connectivity index (χ1n) is 10.8. The Morgan fingerprint density at radius 3 is 2.39 bits per heavy atom. The van der Waals surface area contributed by atoms with E-state index in [1.165, 1.54) is 7.11 Å². The maximum atomic E-state index is 13.4. The van der Waals surface area contributed by atoms with Crippen molar-refractivity contribution in [1.29, 1.82) is 0 Å². The lowest BCUT2D eigenvalue weighted by Crippen LogP contribution is -2.41. The molecule has 9 heteroatoms. The van der Waals surface area contributed by atoms with Crippen LogP contribution in [0.1, 0.15) is 58.6 Å². The Morgan fingerprint density at radius 1 is 1.19 bits per heavy atom. The van der Waals surface area contributed by atoms with E-state index < -0.39 is 18.2 Å². The number of ether oxygens (including phenoxy) is 3. The molecular weight excluding hydrogens is 500 g/mol. The molecule has 0 aromatic heterocycles. The fraction of sp³-hybridized carbons (Fsp3) is 0.727. The Kier molecular flexibility index (Phi) is 9.06. The van der Waals surface area contributed by atoms with E-state index in [4.69, 9.17) is 18.6 Å². The van der Waals surface area contributed by atoms with Crippen LogP contribution in [-0.4, -0.2) is 47.8 Å². The second kappa shape index (κ2) is 10.5. The molecule has 178 valence electrons. The minimum Gasteiger partial charge on any atom is -0.493 e. The van der Waals surface area contributed by atoms with Crippen LogP contribution >= 0.6 is 15.9 Å². The van der Waals surface area contributed by atoms with E-state index in [0.717, 1.165) is 24.8 Å². The average molecular weight is 538 g/mol. The van der Waals surface area contributed by atoms with Crippen molar-refractivity contribution in [2.24, 2.45) is 0 Å². The molecule has 2 atom stereocenters. The van der Waals surface area contributed by atoms with Gasteiger partial charge in [0.2, 0.25) is 0 Å². The van der Waals surface area contributed by atoms with Gasteiger partial charge in [0.1, 0.15) is 9.91 Å². The van der Waals surface area contributed by atoms with Gasteiger partial charge < -0.3 is 18.6 Å². The molecular formula is C22H37BrO6SSi. The molecule has 1 aliphatic rings. The van der Waals surface area contributed by atoms with Crippen LogP contribution in [0.3, 0.4) is 0 Å². The summed E-state index contributed by atoms with van der Waals surface area (Å²) in [4.78, 5) is 0.149. The Hall–Kier alpha value is -0.613. The van der Waals surface area contributed by atoms with E-state index in [1.807, 2.05) is 13.0 Å². The van der Waals surface area contributed by atoms with E-state index in [1.54, 1.807) is 6.07 Å². The number of sulfone groups is 1. The van der Waals surface area contributed by atoms with Crippen LogP contribution in [0.5, 0.6) is 11.5 Å². The lowest BCUT2D eigenvalue weighted by Gasteiger charge is -2.36. The fourth-order valence-electron chi connectivity index (χ4n) is 3.09. The molecule has 0 aliphatic carbocycles. The predicted octanol–water partition coefficient (Wildman–Crippen LogP) is 5.85. The van der Waals surface area contributed by atoms with Gasteiger partial charge in [-0.15, -0.1) is 0 Å². The van der Waals surface area contributed by atoms with Crippen LogP contribution in [0.2, 0.25) is 18.1 Å². The molecule has 31 heavy (non-hydrogen) atoms. The summed E-state index contributed by atoms with van der Waals surface area (Å²) >= 11 is 3.48. The van der Waals surface area contributed by atoms with Crippen LogP contribution < -0.4 is 9.47 Å². The summed E-state index contributed by atoms with van der Waals surface area (Å²) < 4.78 is 50.2. The summed E-state index contributed by atoms with van der Waals surface area (Å²) in [7, 11) is -4.18. The Bertz CT molecular complexity index is 850. The quantitative estimate of drug-likeness (QED) is 0.275. The van der Waals surface area contributed by atoms with Crippen LogP contribution in [0.25, 0.3) is 0 Å². The summed E-state index contributed by atoms with van der Waals surface area (Å²) in [6.45, 7) is 13.2. The topological polar surface area (TPSA) is 71.1 Å². The van der Waals surface area contributed by atoms with Crippen molar-refractivity contribution < 1.29 is 27.1 Å². The Balaban J connectivity index is 2.37. The highest BCUT2D eigenvalue weighted by Crippen LogP contribution is 2.43. The van der Waals surface area contributed by atoms with Crippen molar-refractivity contribution in [1.82, 2.24) is 0 Å². The summed E-state index contributed by atoms with van der Waals surface area (Å²) in [5.41, 5.74) is 0.784. The van der Waals surface area contributed by atoms with Gasteiger partial charge in [0.25, 0.3) is 0 Å². The number of rotatable bonds is 10. The monoisotopic (exact) mass is 536 g/mol. The molecule has 2 rings (SSSR count). The lowest BCUT2D eigenvalue weighted by molar-refractivity contribution is 0.0958. The molecule has 1 aromatic rings. The number of halogens is 1. The Labute approximate surface area is 197 Å². The number of methoxy groups -OCH3 is 1. The smallest absolute Gasteiger partial charge is 0.192 e. The molecule has 0 radical (unpaired) electrons. The molecule has 1 heterocycles. The molecule has 0 spiro atoms. The predicted molar refractivity (Wildman–Crippen MR) is 130 cm³/mol. The molecule has 1 aromatic carbocycles. The van der Waals surface area contributed by atoms with Gasteiger partial charge in [0, 0.05) is 6.61 Å². The molecule has 0 amide bonds. The van der Waals surface area contributed by atoms with E-state index in [9.17, 15) is 8.42 Å². The van der Waals surface area contributed by atoms with E-state index in [2.05, 4.69) is 49.8 Å². The van der Waals surface area contributed by atoms with Crippen molar-refractivity contribution >= 4 is 34.1 Å². The van der Waals surface area contributed by atoms with Crippen molar-refractivity contribution in [2.45, 2.75) is 81.1 Å². The summed E-state index contributed by atoms with van der Waals surface area (Å²) in [5.74, 6) is 0.576.